The van der Waals surface area contributed by atoms with Crippen molar-refractivity contribution in [3.63, 3.8) is 0 Å². The average molecular weight is 543 g/mol. The van der Waals surface area contributed by atoms with Gasteiger partial charge in [-0.25, -0.2) is 0 Å². The Morgan fingerprint density at radius 3 is 2.71 bits per heavy atom. The molecular weight excluding hydrogens is 500 g/mol. The standard InChI is InChI=1S/C29H42N2O6Si/c1-6-21-20-31-16-14-22(21)18-27(31)29(24-13-15-30-26-12-11-23(33-3)19-25(24)26)37-28(32)10-8-9-17-38(34-4,35-5)36-7-2/h6,11-13,15,19,21-22,27,29H,1,7-10,14,16-18,20H2,2-5H3/t21?,22?,27-,29?/m0/s1. The number of aromatic nitrogens is 1. The average Bonchev–Trinajstić information content (AvgIpc) is 2.97. The van der Waals surface area contributed by atoms with E-state index in [-0.39, 0.29) is 18.1 Å². The fourth-order valence-electron chi connectivity index (χ4n) is 6.07. The Labute approximate surface area is 227 Å². The number of esters is 1. The van der Waals surface area contributed by atoms with E-state index in [1.54, 1.807) is 27.5 Å². The molecule has 9 heteroatoms. The first-order valence-corrected chi connectivity index (χ1v) is 15.6. The van der Waals surface area contributed by atoms with E-state index in [1.165, 1.54) is 0 Å². The molecule has 4 unspecified atom stereocenters. The first kappa shape index (κ1) is 28.7. The maximum atomic E-state index is 13.3. The summed E-state index contributed by atoms with van der Waals surface area (Å²) < 4.78 is 28.8. The third-order valence-corrected chi connectivity index (χ3v) is 11.1. The molecule has 4 heterocycles. The number of pyridine rings is 1. The van der Waals surface area contributed by atoms with Crippen LogP contribution < -0.4 is 4.74 Å². The molecule has 2 aromatic rings. The van der Waals surface area contributed by atoms with Crippen molar-refractivity contribution in [1.82, 2.24) is 9.88 Å². The van der Waals surface area contributed by atoms with Gasteiger partial charge in [0, 0.05) is 57.0 Å². The number of hydrogen-bond donors (Lipinski definition) is 0. The lowest BCUT2D eigenvalue weighted by molar-refractivity contribution is -0.157. The summed E-state index contributed by atoms with van der Waals surface area (Å²) in [5, 5.41) is 0.959. The molecule has 1 aromatic heterocycles. The summed E-state index contributed by atoms with van der Waals surface area (Å²) in [6.45, 7) is 8.50. The van der Waals surface area contributed by atoms with E-state index >= 15 is 0 Å². The SMILES string of the molecule is C=CC1CN2CCC1C[C@H]2C(OC(=O)CCCC[Si](OC)(OC)OCC)c1ccnc2ccc(OC)cc12. The lowest BCUT2D eigenvalue weighted by Crippen LogP contribution is -2.55. The van der Waals surface area contributed by atoms with Gasteiger partial charge < -0.3 is 22.8 Å². The van der Waals surface area contributed by atoms with Gasteiger partial charge in [0.05, 0.1) is 18.7 Å². The Kier molecular flexibility index (Phi) is 9.95. The number of unbranched alkanes of at least 4 members (excludes halogenated alkanes) is 1. The Bertz CT molecular complexity index is 1090. The zero-order valence-corrected chi connectivity index (χ0v) is 24.2. The molecule has 208 valence electrons. The third-order valence-electron chi connectivity index (χ3n) is 8.15. The van der Waals surface area contributed by atoms with E-state index in [0.29, 0.717) is 37.3 Å². The predicted octanol–water partition coefficient (Wildman–Crippen LogP) is 5.16. The van der Waals surface area contributed by atoms with Crippen LogP contribution in [-0.4, -0.2) is 71.7 Å². The van der Waals surface area contributed by atoms with Gasteiger partial charge in [0.1, 0.15) is 11.9 Å². The van der Waals surface area contributed by atoms with Crippen LogP contribution in [0.5, 0.6) is 5.75 Å². The quantitative estimate of drug-likeness (QED) is 0.140. The second-order valence-electron chi connectivity index (χ2n) is 10.2. The summed E-state index contributed by atoms with van der Waals surface area (Å²) in [5.74, 6) is 1.62. The number of benzene rings is 1. The topological polar surface area (TPSA) is 79.4 Å². The summed E-state index contributed by atoms with van der Waals surface area (Å²) in [6, 6.07) is 8.64. The highest BCUT2D eigenvalue weighted by atomic mass is 28.4. The second kappa shape index (κ2) is 13.2. The zero-order chi connectivity index (χ0) is 27.1. The maximum Gasteiger partial charge on any atom is 0.500 e. The van der Waals surface area contributed by atoms with Crippen molar-refractivity contribution < 1.29 is 27.5 Å². The number of methoxy groups -OCH3 is 1. The van der Waals surface area contributed by atoms with Gasteiger partial charge in [0.25, 0.3) is 0 Å². The van der Waals surface area contributed by atoms with Crippen LogP contribution in [0.3, 0.4) is 0 Å². The van der Waals surface area contributed by atoms with Crippen LogP contribution >= 0.6 is 0 Å². The normalized spacial score (nSPS) is 23.8. The molecule has 0 amide bonds. The Morgan fingerprint density at radius 1 is 1.24 bits per heavy atom. The third kappa shape index (κ3) is 6.29. The molecular formula is C29H42N2O6Si. The van der Waals surface area contributed by atoms with Crippen molar-refractivity contribution in [3.05, 3.63) is 48.7 Å². The molecule has 1 aromatic carbocycles. The van der Waals surface area contributed by atoms with Crippen LogP contribution in [0, 0.1) is 11.8 Å². The zero-order valence-electron chi connectivity index (χ0n) is 23.2. The van der Waals surface area contributed by atoms with Gasteiger partial charge in [-0.1, -0.05) is 6.08 Å². The lowest BCUT2D eigenvalue weighted by Gasteiger charge is -2.51. The Hall–Kier alpha value is -2.30. The second-order valence-corrected chi connectivity index (χ2v) is 13.1. The van der Waals surface area contributed by atoms with Crippen molar-refractivity contribution >= 4 is 25.7 Å². The van der Waals surface area contributed by atoms with Crippen molar-refractivity contribution in [3.8, 4) is 5.75 Å². The number of ether oxygens (including phenoxy) is 2. The van der Waals surface area contributed by atoms with E-state index in [0.717, 1.165) is 54.6 Å². The van der Waals surface area contributed by atoms with Gasteiger partial charge in [0.15, 0.2) is 0 Å². The smallest absolute Gasteiger partial charge is 0.497 e. The fourth-order valence-corrected chi connectivity index (χ4v) is 8.15. The largest absolute Gasteiger partial charge is 0.500 e. The van der Waals surface area contributed by atoms with Crippen molar-refractivity contribution in [2.24, 2.45) is 11.8 Å². The number of carbonyl (C=O) groups excluding carboxylic acids is 1. The number of piperidine rings is 3. The molecule has 0 spiro atoms. The highest BCUT2D eigenvalue weighted by Gasteiger charge is 2.44. The molecule has 0 radical (unpaired) electrons. The Morgan fingerprint density at radius 2 is 2.05 bits per heavy atom. The number of nitrogens with zero attached hydrogens (tertiary/aromatic N) is 2. The number of fused-ring (bicyclic) bond motifs is 4. The van der Waals surface area contributed by atoms with Gasteiger partial charge in [-0.05, 0) is 75.3 Å². The van der Waals surface area contributed by atoms with Gasteiger partial charge in [-0.15, -0.1) is 6.58 Å². The van der Waals surface area contributed by atoms with Gasteiger partial charge in [-0.3, -0.25) is 14.7 Å². The van der Waals surface area contributed by atoms with Crippen molar-refractivity contribution in [1.29, 1.82) is 0 Å². The molecule has 5 atom stereocenters. The first-order chi connectivity index (χ1) is 18.5. The van der Waals surface area contributed by atoms with Crippen molar-refractivity contribution in [2.75, 3.05) is 41.0 Å². The number of rotatable bonds is 14. The summed E-state index contributed by atoms with van der Waals surface area (Å²) in [5.41, 5.74) is 1.84. The maximum absolute atomic E-state index is 13.3. The minimum atomic E-state index is -2.67. The summed E-state index contributed by atoms with van der Waals surface area (Å²) in [7, 11) is 2.24. The summed E-state index contributed by atoms with van der Waals surface area (Å²) in [6.07, 6.45) is 7.42. The van der Waals surface area contributed by atoms with Gasteiger partial charge in [0.2, 0.25) is 0 Å². The van der Waals surface area contributed by atoms with E-state index in [1.807, 2.05) is 31.2 Å². The van der Waals surface area contributed by atoms with E-state index < -0.39 is 8.80 Å². The van der Waals surface area contributed by atoms with E-state index in [4.69, 9.17) is 22.8 Å². The molecule has 0 N–H and O–H groups in total. The van der Waals surface area contributed by atoms with Crippen LogP contribution in [0.15, 0.2) is 43.1 Å². The Balaban J connectivity index is 1.53. The summed E-state index contributed by atoms with van der Waals surface area (Å²) >= 11 is 0. The molecule has 0 saturated carbocycles. The minimum absolute atomic E-state index is 0.116. The van der Waals surface area contributed by atoms with Crippen LogP contribution in [0.2, 0.25) is 6.04 Å². The number of hydrogen-bond acceptors (Lipinski definition) is 8. The summed E-state index contributed by atoms with van der Waals surface area (Å²) in [4.78, 5) is 20.3. The first-order valence-electron chi connectivity index (χ1n) is 13.7. The van der Waals surface area contributed by atoms with E-state index in [9.17, 15) is 4.79 Å². The van der Waals surface area contributed by atoms with Crippen LogP contribution in [-0.2, 0) is 22.8 Å². The molecule has 3 fully saturated rings. The van der Waals surface area contributed by atoms with Crippen LogP contribution in [0.4, 0.5) is 0 Å². The molecule has 3 aliphatic rings. The monoisotopic (exact) mass is 542 g/mol. The van der Waals surface area contributed by atoms with Crippen LogP contribution in [0.1, 0.15) is 50.7 Å². The molecule has 2 bridgehead atoms. The van der Waals surface area contributed by atoms with Crippen molar-refractivity contribution in [2.45, 2.75) is 57.2 Å². The fraction of sp³-hybridized carbons (Fsp3) is 0.586. The number of carbonyl (C=O) groups is 1. The predicted molar refractivity (Wildman–Crippen MR) is 149 cm³/mol. The van der Waals surface area contributed by atoms with Gasteiger partial charge >= 0.3 is 14.8 Å². The minimum Gasteiger partial charge on any atom is -0.497 e. The van der Waals surface area contributed by atoms with Crippen LogP contribution in [0.25, 0.3) is 10.9 Å². The molecule has 38 heavy (non-hydrogen) atoms. The van der Waals surface area contributed by atoms with Gasteiger partial charge in [-0.2, -0.15) is 0 Å². The highest BCUT2D eigenvalue weighted by Crippen LogP contribution is 2.43. The molecule has 0 aliphatic carbocycles. The molecule has 3 aliphatic heterocycles. The molecule has 3 saturated heterocycles. The lowest BCUT2D eigenvalue weighted by atomic mass is 9.73. The highest BCUT2D eigenvalue weighted by molar-refractivity contribution is 6.60. The molecule has 5 rings (SSSR count). The molecule has 8 nitrogen and oxygen atoms in total. The van der Waals surface area contributed by atoms with E-state index in [2.05, 4.69) is 22.5 Å².